The molecular formula is C21H19ClN2O5S. The van der Waals surface area contributed by atoms with Crippen molar-refractivity contribution in [3.8, 4) is 17.0 Å². The van der Waals surface area contributed by atoms with Gasteiger partial charge in [-0.1, -0.05) is 11.6 Å². The molecule has 0 aliphatic carbocycles. The smallest absolute Gasteiger partial charge is 0.336 e. The molecule has 2 heterocycles. The Morgan fingerprint density at radius 3 is 2.50 bits per heavy atom. The Morgan fingerprint density at radius 2 is 1.87 bits per heavy atom. The number of hydrogen-bond donors (Lipinski definition) is 1. The summed E-state index contributed by atoms with van der Waals surface area (Å²) in [5, 5.41) is 10.4. The second kappa shape index (κ2) is 7.86. The third-order valence-corrected chi connectivity index (χ3v) is 7.35. The van der Waals surface area contributed by atoms with Gasteiger partial charge < -0.3 is 9.84 Å². The molecule has 0 amide bonds. The third kappa shape index (κ3) is 3.62. The zero-order valence-electron chi connectivity index (χ0n) is 16.1. The van der Waals surface area contributed by atoms with Gasteiger partial charge in [-0.15, -0.1) is 0 Å². The molecule has 1 aliphatic heterocycles. The summed E-state index contributed by atoms with van der Waals surface area (Å²) in [6.45, 7) is 0.948. The van der Waals surface area contributed by atoms with Crippen LogP contribution < -0.4 is 4.74 Å². The molecule has 7 nitrogen and oxygen atoms in total. The maximum atomic E-state index is 12.9. The lowest BCUT2D eigenvalue weighted by Gasteiger charge is -2.16. The molecule has 1 saturated heterocycles. The summed E-state index contributed by atoms with van der Waals surface area (Å²) in [6, 6.07) is 10.9. The van der Waals surface area contributed by atoms with E-state index < -0.39 is 16.0 Å². The summed E-state index contributed by atoms with van der Waals surface area (Å²) in [6.07, 6.45) is 1.64. The number of hydrogen-bond acceptors (Lipinski definition) is 5. The van der Waals surface area contributed by atoms with Crippen LogP contribution in [0, 0.1) is 0 Å². The number of ether oxygens (including phenoxy) is 1. The van der Waals surface area contributed by atoms with Crippen molar-refractivity contribution in [2.24, 2.45) is 0 Å². The Labute approximate surface area is 178 Å². The zero-order chi connectivity index (χ0) is 21.5. The van der Waals surface area contributed by atoms with Crippen LogP contribution in [0.5, 0.6) is 5.75 Å². The van der Waals surface area contributed by atoms with Gasteiger partial charge in [0.15, 0.2) is 0 Å². The lowest BCUT2D eigenvalue weighted by Crippen LogP contribution is -2.27. The minimum Gasteiger partial charge on any atom is -0.495 e. The Kier molecular flexibility index (Phi) is 5.40. The van der Waals surface area contributed by atoms with E-state index >= 15 is 0 Å². The standard InChI is InChI=1S/C21H19ClN2O5S/c1-29-20-7-4-13(10-17(20)22)19-12-16(21(25)26)15-11-14(5-6-18(15)23-19)30(27,28)24-8-2-3-9-24/h4-7,10-12H,2-3,8-9H2,1H3,(H,25,26). The minimum atomic E-state index is -3.67. The van der Waals surface area contributed by atoms with E-state index in [0.29, 0.717) is 40.6 Å². The SMILES string of the molecule is COc1ccc(-c2cc(C(=O)O)c3cc(S(=O)(=O)N4CCCC4)ccc3n2)cc1Cl. The summed E-state index contributed by atoms with van der Waals surface area (Å²) in [5.74, 6) is -0.671. The van der Waals surface area contributed by atoms with Gasteiger partial charge in [-0.2, -0.15) is 4.31 Å². The number of aromatic carboxylic acids is 1. The van der Waals surface area contributed by atoms with Gasteiger partial charge in [0.25, 0.3) is 0 Å². The molecule has 0 unspecified atom stereocenters. The zero-order valence-corrected chi connectivity index (χ0v) is 17.7. The quantitative estimate of drug-likeness (QED) is 0.635. The highest BCUT2D eigenvalue weighted by Gasteiger charge is 2.28. The van der Waals surface area contributed by atoms with Crippen LogP contribution in [0.25, 0.3) is 22.2 Å². The third-order valence-electron chi connectivity index (χ3n) is 5.16. The average molecular weight is 447 g/mol. The molecule has 0 atom stereocenters. The molecule has 1 aromatic heterocycles. The molecule has 3 aromatic rings. The number of halogens is 1. The van der Waals surface area contributed by atoms with Crippen molar-refractivity contribution in [1.29, 1.82) is 0 Å². The number of fused-ring (bicyclic) bond motifs is 1. The highest BCUT2D eigenvalue weighted by atomic mass is 35.5. The first-order chi connectivity index (χ1) is 14.3. The van der Waals surface area contributed by atoms with Crippen molar-refractivity contribution in [1.82, 2.24) is 9.29 Å². The van der Waals surface area contributed by atoms with Crippen molar-refractivity contribution in [2.75, 3.05) is 20.2 Å². The van der Waals surface area contributed by atoms with E-state index in [9.17, 15) is 18.3 Å². The fourth-order valence-corrected chi connectivity index (χ4v) is 5.39. The predicted molar refractivity (Wildman–Crippen MR) is 114 cm³/mol. The number of nitrogens with zero attached hydrogens (tertiary/aromatic N) is 2. The molecule has 0 spiro atoms. The van der Waals surface area contributed by atoms with Crippen molar-refractivity contribution < 1.29 is 23.1 Å². The van der Waals surface area contributed by atoms with Gasteiger partial charge in [-0.3, -0.25) is 0 Å². The van der Waals surface area contributed by atoms with Gasteiger partial charge in [0.2, 0.25) is 10.0 Å². The second-order valence-electron chi connectivity index (χ2n) is 7.00. The van der Waals surface area contributed by atoms with Crippen LogP contribution >= 0.6 is 11.6 Å². The number of sulfonamides is 1. The second-order valence-corrected chi connectivity index (χ2v) is 9.34. The van der Waals surface area contributed by atoms with Gasteiger partial charge in [0.05, 0.1) is 33.8 Å². The van der Waals surface area contributed by atoms with Gasteiger partial charge in [-0.25, -0.2) is 18.2 Å². The number of carboxylic acids is 1. The molecule has 9 heteroatoms. The Morgan fingerprint density at radius 1 is 1.13 bits per heavy atom. The Balaban J connectivity index is 1.86. The first-order valence-electron chi connectivity index (χ1n) is 9.33. The summed E-state index contributed by atoms with van der Waals surface area (Å²) in [5.41, 5.74) is 1.40. The molecular weight excluding hydrogens is 428 g/mol. The summed E-state index contributed by atoms with van der Waals surface area (Å²) < 4.78 is 32.3. The van der Waals surface area contributed by atoms with Crippen LogP contribution in [0.3, 0.4) is 0 Å². The Hall–Kier alpha value is -2.68. The van der Waals surface area contributed by atoms with E-state index in [1.165, 1.54) is 29.6 Å². The first-order valence-corrected chi connectivity index (χ1v) is 11.2. The molecule has 0 saturated carbocycles. The van der Waals surface area contributed by atoms with Crippen molar-refractivity contribution in [3.63, 3.8) is 0 Å². The lowest BCUT2D eigenvalue weighted by atomic mass is 10.0. The molecule has 1 aliphatic rings. The van der Waals surface area contributed by atoms with Crippen molar-refractivity contribution >= 4 is 38.5 Å². The molecule has 4 rings (SSSR count). The number of carboxylic acid groups (broad SMARTS) is 1. The van der Waals surface area contributed by atoms with Gasteiger partial charge in [0, 0.05) is 24.0 Å². The normalized spacial score (nSPS) is 14.9. The van der Waals surface area contributed by atoms with Crippen LogP contribution in [-0.2, 0) is 10.0 Å². The highest BCUT2D eigenvalue weighted by Crippen LogP contribution is 2.32. The molecule has 30 heavy (non-hydrogen) atoms. The van der Waals surface area contributed by atoms with Crippen LogP contribution in [0.1, 0.15) is 23.2 Å². The fraction of sp³-hybridized carbons (Fsp3) is 0.238. The Bertz CT molecular complexity index is 1250. The van der Waals surface area contributed by atoms with E-state index in [1.54, 1.807) is 24.3 Å². The molecule has 1 fully saturated rings. The molecule has 1 N–H and O–H groups in total. The monoisotopic (exact) mass is 446 g/mol. The topological polar surface area (TPSA) is 96.8 Å². The lowest BCUT2D eigenvalue weighted by molar-refractivity contribution is 0.0699. The largest absolute Gasteiger partial charge is 0.495 e. The number of carbonyl (C=O) groups is 1. The molecule has 2 aromatic carbocycles. The summed E-state index contributed by atoms with van der Waals surface area (Å²) in [4.78, 5) is 16.6. The average Bonchev–Trinajstić information content (AvgIpc) is 3.28. The highest BCUT2D eigenvalue weighted by molar-refractivity contribution is 7.89. The fourth-order valence-electron chi connectivity index (χ4n) is 3.59. The maximum Gasteiger partial charge on any atom is 0.336 e. The predicted octanol–water partition coefficient (Wildman–Crippen LogP) is 4.05. The number of pyridine rings is 1. The van der Waals surface area contributed by atoms with Crippen LogP contribution in [0.4, 0.5) is 0 Å². The number of methoxy groups -OCH3 is 1. The molecule has 156 valence electrons. The molecule has 0 radical (unpaired) electrons. The molecule has 0 bridgehead atoms. The van der Waals surface area contributed by atoms with Gasteiger partial charge in [-0.05, 0) is 55.3 Å². The summed E-state index contributed by atoms with van der Waals surface area (Å²) >= 11 is 6.19. The van der Waals surface area contributed by atoms with E-state index in [4.69, 9.17) is 16.3 Å². The van der Waals surface area contributed by atoms with E-state index in [1.807, 2.05) is 0 Å². The number of aromatic nitrogens is 1. The van der Waals surface area contributed by atoms with Gasteiger partial charge in [0.1, 0.15) is 5.75 Å². The van der Waals surface area contributed by atoms with Crippen LogP contribution in [0.2, 0.25) is 5.02 Å². The van der Waals surface area contributed by atoms with Crippen LogP contribution in [-0.4, -0.2) is 49.0 Å². The summed E-state index contributed by atoms with van der Waals surface area (Å²) in [7, 11) is -2.16. The van der Waals surface area contributed by atoms with E-state index in [2.05, 4.69) is 4.98 Å². The minimum absolute atomic E-state index is 0.0274. The van der Waals surface area contributed by atoms with Crippen molar-refractivity contribution in [3.05, 3.63) is 53.1 Å². The maximum absolute atomic E-state index is 12.9. The van der Waals surface area contributed by atoms with Crippen LogP contribution in [0.15, 0.2) is 47.4 Å². The van der Waals surface area contributed by atoms with E-state index in [0.717, 1.165) is 12.8 Å². The van der Waals surface area contributed by atoms with Gasteiger partial charge >= 0.3 is 5.97 Å². The number of benzene rings is 2. The number of rotatable bonds is 5. The van der Waals surface area contributed by atoms with E-state index in [-0.39, 0.29) is 15.8 Å². The van der Waals surface area contributed by atoms with Crippen molar-refractivity contribution in [2.45, 2.75) is 17.7 Å². The first kappa shape index (κ1) is 20.6.